The number of rotatable bonds is 4. The predicted molar refractivity (Wildman–Crippen MR) is 69.3 cm³/mol. The van der Waals surface area contributed by atoms with Crippen LogP contribution in [0, 0.1) is 6.92 Å². The number of carbonyl (C=O) groups is 1. The molecule has 0 amide bonds. The molecule has 0 bridgehead atoms. The Kier molecular flexibility index (Phi) is 3.46. The molecule has 4 heteroatoms. The summed E-state index contributed by atoms with van der Waals surface area (Å²) in [6.07, 6.45) is 4.33. The minimum absolute atomic E-state index is 0.296. The SMILES string of the molecule is Cc1ccc(C=O)cc1Oc1cnn(C(C)C)c1. The molecule has 0 radical (unpaired) electrons. The van der Waals surface area contributed by atoms with Crippen LogP contribution in [0.1, 0.15) is 35.8 Å². The van der Waals surface area contributed by atoms with Gasteiger partial charge in [-0.2, -0.15) is 5.10 Å². The predicted octanol–water partition coefficient (Wildman–Crippen LogP) is 3.38. The molecule has 2 aromatic rings. The lowest BCUT2D eigenvalue weighted by Crippen LogP contribution is -1.99. The third-order valence-corrected chi connectivity index (χ3v) is 2.68. The standard InChI is InChI=1S/C14H16N2O2/c1-10(2)16-8-13(7-15-16)18-14-6-12(9-17)5-4-11(14)3/h4-10H,1-3H3. The minimum atomic E-state index is 0.296. The van der Waals surface area contributed by atoms with E-state index in [9.17, 15) is 4.79 Å². The van der Waals surface area contributed by atoms with Gasteiger partial charge in [-0.25, -0.2) is 0 Å². The van der Waals surface area contributed by atoms with Crippen molar-refractivity contribution in [1.82, 2.24) is 9.78 Å². The highest BCUT2D eigenvalue weighted by Crippen LogP contribution is 2.25. The molecule has 1 aromatic heterocycles. The summed E-state index contributed by atoms with van der Waals surface area (Å²) in [5.41, 5.74) is 1.59. The second-order valence-corrected chi connectivity index (χ2v) is 4.49. The molecule has 0 aliphatic heterocycles. The summed E-state index contributed by atoms with van der Waals surface area (Å²) < 4.78 is 7.57. The first-order chi connectivity index (χ1) is 8.60. The molecule has 0 saturated carbocycles. The molecule has 0 saturated heterocycles. The third-order valence-electron chi connectivity index (χ3n) is 2.68. The van der Waals surface area contributed by atoms with Crippen molar-refractivity contribution in [3.8, 4) is 11.5 Å². The maximum Gasteiger partial charge on any atom is 0.165 e. The average molecular weight is 244 g/mol. The Labute approximate surface area is 106 Å². The number of hydrogen-bond acceptors (Lipinski definition) is 3. The van der Waals surface area contributed by atoms with Crippen molar-refractivity contribution >= 4 is 6.29 Å². The molecule has 1 heterocycles. The van der Waals surface area contributed by atoms with Gasteiger partial charge in [-0.1, -0.05) is 12.1 Å². The summed E-state index contributed by atoms with van der Waals surface area (Å²) in [6, 6.07) is 5.66. The van der Waals surface area contributed by atoms with Crippen LogP contribution in [0.4, 0.5) is 0 Å². The molecule has 94 valence electrons. The largest absolute Gasteiger partial charge is 0.454 e. The van der Waals surface area contributed by atoms with E-state index in [-0.39, 0.29) is 0 Å². The first-order valence-corrected chi connectivity index (χ1v) is 5.88. The van der Waals surface area contributed by atoms with Crippen LogP contribution in [0.5, 0.6) is 11.5 Å². The van der Waals surface area contributed by atoms with Gasteiger partial charge in [-0.3, -0.25) is 9.48 Å². The fourth-order valence-electron chi connectivity index (χ4n) is 1.58. The van der Waals surface area contributed by atoms with E-state index in [2.05, 4.69) is 18.9 Å². The average Bonchev–Trinajstić information content (AvgIpc) is 2.81. The Morgan fingerprint density at radius 1 is 1.39 bits per heavy atom. The van der Waals surface area contributed by atoms with Crippen LogP contribution in [0.2, 0.25) is 0 Å². The molecule has 0 fully saturated rings. The molecule has 2 rings (SSSR count). The molecule has 0 spiro atoms. The minimum Gasteiger partial charge on any atom is -0.454 e. The summed E-state index contributed by atoms with van der Waals surface area (Å²) in [7, 11) is 0. The molecule has 0 N–H and O–H groups in total. The van der Waals surface area contributed by atoms with Crippen LogP contribution in [0.3, 0.4) is 0 Å². The quantitative estimate of drug-likeness (QED) is 0.774. The van der Waals surface area contributed by atoms with E-state index >= 15 is 0 Å². The first kappa shape index (κ1) is 12.4. The Balaban J connectivity index is 2.24. The Morgan fingerprint density at radius 3 is 2.78 bits per heavy atom. The second kappa shape index (κ2) is 5.04. The fourth-order valence-corrected chi connectivity index (χ4v) is 1.58. The Morgan fingerprint density at radius 2 is 2.17 bits per heavy atom. The molecule has 0 atom stereocenters. The topological polar surface area (TPSA) is 44.1 Å². The summed E-state index contributed by atoms with van der Waals surface area (Å²) >= 11 is 0. The van der Waals surface area contributed by atoms with Gasteiger partial charge < -0.3 is 4.74 Å². The van der Waals surface area contributed by atoms with E-state index in [1.165, 1.54) is 0 Å². The van der Waals surface area contributed by atoms with Crippen LogP contribution in [-0.4, -0.2) is 16.1 Å². The molecular formula is C14H16N2O2. The van der Waals surface area contributed by atoms with Crippen molar-refractivity contribution in [3.05, 3.63) is 41.7 Å². The van der Waals surface area contributed by atoms with Gasteiger partial charge in [0.15, 0.2) is 5.75 Å². The van der Waals surface area contributed by atoms with Crippen LogP contribution >= 0.6 is 0 Å². The Bertz CT molecular complexity index is 559. The van der Waals surface area contributed by atoms with E-state index in [0.717, 1.165) is 11.8 Å². The number of nitrogens with zero attached hydrogens (tertiary/aromatic N) is 2. The van der Waals surface area contributed by atoms with Gasteiger partial charge >= 0.3 is 0 Å². The summed E-state index contributed by atoms with van der Waals surface area (Å²) in [6.45, 7) is 6.04. The van der Waals surface area contributed by atoms with Crippen molar-refractivity contribution in [2.45, 2.75) is 26.8 Å². The normalized spacial score (nSPS) is 10.7. The lowest BCUT2D eigenvalue weighted by molar-refractivity contribution is 0.112. The first-order valence-electron chi connectivity index (χ1n) is 5.88. The number of benzene rings is 1. The zero-order chi connectivity index (χ0) is 13.1. The van der Waals surface area contributed by atoms with Gasteiger partial charge in [-0.05, 0) is 32.4 Å². The smallest absolute Gasteiger partial charge is 0.165 e. The van der Waals surface area contributed by atoms with Crippen molar-refractivity contribution in [1.29, 1.82) is 0 Å². The van der Waals surface area contributed by atoms with Crippen LogP contribution < -0.4 is 4.74 Å². The summed E-state index contributed by atoms with van der Waals surface area (Å²) in [5, 5.41) is 4.21. The zero-order valence-corrected chi connectivity index (χ0v) is 10.8. The number of aromatic nitrogens is 2. The van der Waals surface area contributed by atoms with Crippen molar-refractivity contribution in [2.24, 2.45) is 0 Å². The van der Waals surface area contributed by atoms with Crippen LogP contribution in [-0.2, 0) is 0 Å². The van der Waals surface area contributed by atoms with Gasteiger partial charge in [-0.15, -0.1) is 0 Å². The van der Waals surface area contributed by atoms with Gasteiger partial charge in [0.2, 0.25) is 0 Å². The summed E-state index contributed by atoms with van der Waals surface area (Å²) in [5.74, 6) is 1.36. The van der Waals surface area contributed by atoms with E-state index in [1.54, 1.807) is 18.3 Å². The number of aldehydes is 1. The van der Waals surface area contributed by atoms with E-state index < -0.39 is 0 Å². The zero-order valence-electron chi connectivity index (χ0n) is 10.8. The van der Waals surface area contributed by atoms with Crippen molar-refractivity contribution < 1.29 is 9.53 Å². The lowest BCUT2D eigenvalue weighted by Gasteiger charge is -2.07. The lowest BCUT2D eigenvalue weighted by atomic mass is 10.1. The van der Waals surface area contributed by atoms with Crippen LogP contribution in [0.25, 0.3) is 0 Å². The highest BCUT2D eigenvalue weighted by molar-refractivity contribution is 5.75. The number of carbonyl (C=O) groups excluding carboxylic acids is 1. The molecule has 4 nitrogen and oxygen atoms in total. The molecule has 0 aliphatic rings. The van der Waals surface area contributed by atoms with Gasteiger partial charge in [0.1, 0.15) is 12.0 Å². The maximum atomic E-state index is 10.7. The highest BCUT2D eigenvalue weighted by Gasteiger charge is 2.06. The van der Waals surface area contributed by atoms with Crippen molar-refractivity contribution in [2.75, 3.05) is 0 Å². The molecule has 0 aliphatic carbocycles. The molecule has 1 aromatic carbocycles. The summed E-state index contributed by atoms with van der Waals surface area (Å²) in [4.78, 5) is 10.7. The molecular weight excluding hydrogens is 228 g/mol. The molecule has 18 heavy (non-hydrogen) atoms. The van der Waals surface area contributed by atoms with E-state index in [0.29, 0.717) is 23.1 Å². The molecule has 0 unspecified atom stereocenters. The van der Waals surface area contributed by atoms with Gasteiger partial charge in [0, 0.05) is 11.6 Å². The second-order valence-electron chi connectivity index (χ2n) is 4.49. The van der Waals surface area contributed by atoms with Gasteiger partial charge in [0.05, 0.1) is 12.4 Å². The van der Waals surface area contributed by atoms with Gasteiger partial charge in [0.25, 0.3) is 0 Å². The number of aryl methyl sites for hydroxylation is 1. The fraction of sp³-hybridized carbons (Fsp3) is 0.286. The Hall–Kier alpha value is -2.10. The number of ether oxygens (including phenoxy) is 1. The highest BCUT2D eigenvalue weighted by atomic mass is 16.5. The maximum absolute atomic E-state index is 10.7. The third kappa shape index (κ3) is 2.59. The number of hydrogen-bond donors (Lipinski definition) is 0. The van der Waals surface area contributed by atoms with E-state index in [1.807, 2.05) is 23.9 Å². The van der Waals surface area contributed by atoms with E-state index in [4.69, 9.17) is 4.74 Å². The monoisotopic (exact) mass is 244 g/mol. The van der Waals surface area contributed by atoms with Crippen LogP contribution in [0.15, 0.2) is 30.6 Å². The van der Waals surface area contributed by atoms with Crippen molar-refractivity contribution in [3.63, 3.8) is 0 Å².